The van der Waals surface area contributed by atoms with Crippen molar-refractivity contribution in [1.29, 1.82) is 0 Å². The molecule has 0 aromatic heterocycles. The number of nitrogens with two attached hydrogens (primary N) is 1. The SMILES string of the molecule is COC(=O)[C@H](N)Cc1cc(F)c(Br)cc1F. The minimum atomic E-state index is -1.000. The van der Waals surface area contributed by atoms with E-state index in [1.54, 1.807) is 0 Å². The summed E-state index contributed by atoms with van der Waals surface area (Å²) in [5.74, 6) is -1.89. The van der Waals surface area contributed by atoms with Gasteiger partial charge in [-0.15, -0.1) is 0 Å². The zero-order chi connectivity index (χ0) is 12.3. The first kappa shape index (κ1) is 13.1. The van der Waals surface area contributed by atoms with Crippen molar-refractivity contribution in [1.82, 2.24) is 0 Å². The molecule has 0 heterocycles. The summed E-state index contributed by atoms with van der Waals surface area (Å²) in [6.45, 7) is 0. The van der Waals surface area contributed by atoms with Gasteiger partial charge in [0, 0.05) is 6.42 Å². The van der Waals surface area contributed by atoms with Crippen molar-refractivity contribution in [3.8, 4) is 0 Å². The summed E-state index contributed by atoms with van der Waals surface area (Å²) < 4.78 is 30.9. The molecule has 0 spiro atoms. The lowest BCUT2D eigenvalue weighted by Crippen LogP contribution is -2.33. The Labute approximate surface area is 99.7 Å². The van der Waals surface area contributed by atoms with Gasteiger partial charge in [-0.2, -0.15) is 0 Å². The second kappa shape index (κ2) is 5.36. The van der Waals surface area contributed by atoms with E-state index in [0.29, 0.717) is 0 Å². The van der Waals surface area contributed by atoms with Gasteiger partial charge in [0.05, 0.1) is 11.6 Å². The minimum Gasteiger partial charge on any atom is -0.468 e. The van der Waals surface area contributed by atoms with Crippen LogP contribution in [0.3, 0.4) is 0 Å². The van der Waals surface area contributed by atoms with Gasteiger partial charge < -0.3 is 10.5 Å². The number of ether oxygens (including phenoxy) is 1. The predicted molar refractivity (Wildman–Crippen MR) is 57.8 cm³/mol. The van der Waals surface area contributed by atoms with Gasteiger partial charge in [0.2, 0.25) is 0 Å². The van der Waals surface area contributed by atoms with E-state index in [4.69, 9.17) is 5.73 Å². The predicted octanol–water partition coefficient (Wildman–Crippen LogP) is 1.77. The first-order chi connectivity index (χ1) is 7.45. The monoisotopic (exact) mass is 293 g/mol. The Morgan fingerprint density at radius 3 is 2.69 bits per heavy atom. The van der Waals surface area contributed by atoms with Crippen LogP contribution in [0.1, 0.15) is 5.56 Å². The molecule has 0 aliphatic rings. The summed E-state index contributed by atoms with van der Waals surface area (Å²) >= 11 is 2.85. The van der Waals surface area contributed by atoms with Crippen LogP contribution in [0.5, 0.6) is 0 Å². The maximum atomic E-state index is 13.4. The van der Waals surface area contributed by atoms with Gasteiger partial charge in [0.1, 0.15) is 17.7 Å². The van der Waals surface area contributed by atoms with Gasteiger partial charge in [0.25, 0.3) is 0 Å². The van der Waals surface area contributed by atoms with E-state index in [1.165, 1.54) is 7.11 Å². The van der Waals surface area contributed by atoms with Gasteiger partial charge >= 0.3 is 5.97 Å². The van der Waals surface area contributed by atoms with Crippen LogP contribution in [-0.2, 0) is 16.0 Å². The molecule has 0 fully saturated rings. The molecule has 0 aliphatic heterocycles. The molecule has 1 rings (SSSR count). The molecule has 1 aromatic rings. The highest BCUT2D eigenvalue weighted by Gasteiger charge is 2.17. The van der Waals surface area contributed by atoms with Crippen LogP contribution in [0.25, 0.3) is 0 Å². The minimum absolute atomic E-state index is 0.0281. The fourth-order valence-corrected chi connectivity index (χ4v) is 1.51. The van der Waals surface area contributed by atoms with Crippen molar-refractivity contribution in [2.24, 2.45) is 5.73 Å². The van der Waals surface area contributed by atoms with Gasteiger partial charge in [-0.1, -0.05) is 0 Å². The summed E-state index contributed by atoms with van der Waals surface area (Å²) in [4.78, 5) is 11.0. The Morgan fingerprint density at radius 2 is 2.12 bits per heavy atom. The van der Waals surface area contributed by atoms with Crippen molar-refractivity contribution in [2.45, 2.75) is 12.5 Å². The van der Waals surface area contributed by atoms with Crippen molar-refractivity contribution in [3.05, 3.63) is 33.8 Å². The Bertz CT molecular complexity index is 412. The van der Waals surface area contributed by atoms with Crippen molar-refractivity contribution in [2.75, 3.05) is 7.11 Å². The third-order valence-electron chi connectivity index (χ3n) is 2.03. The summed E-state index contributed by atoms with van der Waals surface area (Å²) in [6.07, 6.45) is -0.108. The molecule has 88 valence electrons. The second-order valence-electron chi connectivity index (χ2n) is 3.19. The molecule has 0 unspecified atom stereocenters. The fraction of sp³-hybridized carbons (Fsp3) is 0.300. The Morgan fingerprint density at radius 1 is 1.50 bits per heavy atom. The molecule has 6 heteroatoms. The summed E-state index contributed by atoms with van der Waals surface area (Å²) in [7, 11) is 1.18. The van der Waals surface area contributed by atoms with E-state index >= 15 is 0 Å². The van der Waals surface area contributed by atoms with E-state index in [-0.39, 0.29) is 16.5 Å². The fourth-order valence-electron chi connectivity index (χ4n) is 1.19. The number of esters is 1. The summed E-state index contributed by atoms with van der Waals surface area (Å²) in [5.41, 5.74) is 5.48. The molecule has 0 radical (unpaired) electrons. The van der Waals surface area contributed by atoms with Gasteiger partial charge in [-0.25, -0.2) is 8.78 Å². The molecule has 1 aromatic carbocycles. The first-order valence-electron chi connectivity index (χ1n) is 4.42. The zero-order valence-corrected chi connectivity index (χ0v) is 10.1. The second-order valence-corrected chi connectivity index (χ2v) is 4.05. The number of methoxy groups -OCH3 is 1. The molecule has 1 atom stereocenters. The van der Waals surface area contributed by atoms with Crippen LogP contribution in [0.2, 0.25) is 0 Å². The molecule has 0 saturated carbocycles. The van der Waals surface area contributed by atoms with Gasteiger partial charge in [-0.05, 0) is 33.6 Å². The average Bonchev–Trinajstić information content (AvgIpc) is 2.24. The van der Waals surface area contributed by atoms with Gasteiger partial charge in [0.15, 0.2) is 0 Å². The number of hydrogen-bond donors (Lipinski definition) is 1. The highest BCUT2D eigenvalue weighted by atomic mass is 79.9. The quantitative estimate of drug-likeness (QED) is 0.683. The lowest BCUT2D eigenvalue weighted by molar-refractivity contribution is -0.142. The normalized spacial score (nSPS) is 12.3. The van der Waals surface area contributed by atoms with Crippen molar-refractivity contribution >= 4 is 21.9 Å². The molecule has 0 bridgehead atoms. The first-order valence-corrected chi connectivity index (χ1v) is 5.21. The lowest BCUT2D eigenvalue weighted by atomic mass is 10.1. The molecule has 0 saturated heterocycles. The summed E-state index contributed by atoms with van der Waals surface area (Å²) in [6, 6.07) is 0.997. The van der Waals surface area contributed by atoms with E-state index in [1.807, 2.05) is 0 Å². The number of benzene rings is 1. The number of carbonyl (C=O) groups excluding carboxylic acids is 1. The smallest absolute Gasteiger partial charge is 0.322 e. The van der Waals surface area contributed by atoms with E-state index in [2.05, 4.69) is 20.7 Å². The topological polar surface area (TPSA) is 52.3 Å². The van der Waals surface area contributed by atoms with E-state index in [9.17, 15) is 13.6 Å². The van der Waals surface area contributed by atoms with Crippen molar-refractivity contribution in [3.63, 3.8) is 0 Å². The Kier molecular flexibility index (Phi) is 4.37. The molecular formula is C10H10BrF2NO2. The zero-order valence-electron chi connectivity index (χ0n) is 8.47. The molecule has 16 heavy (non-hydrogen) atoms. The standard InChI is InChI=1S/C10H10BrF2NO2/c1-16-10(15)9(14)3-5-2-8(13)6(11)4-7(5)12/h2,4,9H,3,14H2,1H3/t9-/m1/s1. The maximum absolute atomic E-state index is 13.4. The van der Waals surface area contributed by atoms with Crippen LogP contribution in [0.15, 0.2) is 16.6 Å². The highest BCUT2D eigenvalue weighted by Crippen LogP contribution is 2.20. The Balaban J connectivity index is 2.89. The lowest BCUT2D eigenvalue weighted by Gasteiger charge is -2.10. The third kappa shape index (κ3) is 2.99. The van der Waals surface area contributed by atoms with Crippen LogP contribution in [0.4, 0.5) is 8.78 Å². The number of halogens is 3. The molecule has 0 amide bonds. The highest BCUT2D eigenvalue weighted by molar-refractivity contribution is 9.10. The van der Waals surface area contributed by atoms with E-state index in [0.717, 1.165) is 12.1 Å². The molecule has 0 aliphatic carbocycles. The van der Waals surface area contributed by atoms with Crippen LogP contribution in [0, 0.1) is 11.6 Å². The van der Waals surface area contributed by atoms with E-state index < -0.39 is 23.6 Å². The number of carbonyl (C=O) groups is 1. The average molecular weight is 294 g/mol. The third-order valence-corrected chi connectivity index (χ3v) is 2.64. The van der Waals surface area contributed by atoms with Crippen LogP contribution < -0.4 is 5.73 Å². The largest absolute Gasteiger partial charge is 0.468 e. The molecular weight excluding hydrogens is 284 g/mol. The molecule has 3 nitrogen and oxygen atoms in total. The maximum Gasteiger partial charge on any atom is 0.322 e. The number of hydrogen-bond acceptors (Lipinski definition) is 3. The summed E-state index contributed by atoms with van der Waals surface area (Å²) in [5, 5.41) is 0. The molecule has 2 N–H and O–H groups in total. The van der Waals surface area contributed by atoms with Crippen LogP contribution >= 0.6 is 15.9 Å². The van der Waals surface area contributed by atoms with Crippen molar-refractivity contribution < 1.29 is 18.3 Å². The van der Waals surface area contributed by atoms with Crippen LogP contribution in [-0.4, -0.2) is 19.1 Å². The Hall–Kier alpha value is -1.01. The van der Waals surface area contributed by atoms with Gasteiger partial charge in [-0.3, -0.25) is 4.79 Å². The number of rotatable bonds is 3.